The molecule has 1 aliphatic heterocycles. The van der Waals surface area contributed by atoms with Gasteiger partial charge in [0.05, 0.1) is 30.2 Å². The molecule has 0 aromatic carbocycles. The van der Waals surface area contributed by atoms with Gasteiger partial charge in [-0.15, -0.1) is 0 Å². The Labute approximate surface area is 178 Å². The van der Waals surface area contributed by atoms with E-state index in [1.54, 1.807) is 0 Å². The summed E-state index contributed by atoms with van der Waals surface area (Å²) in [5.41, 5.74) is 9.09. The molecule has 5 atom stereocenters. The van der Waals surface area contributed by atoms with Crippen LogP contribution < -0.4 is 5.73 Å². The Hall–Kier alpha value is -3.01. The van der Waals surface area contributed by atoms with E-state index in [1.807, 2.05) is 52.7 Å². The Morgan fingerprint density at radius 2 is 2.03 bits per heavy atom. The molecule has 160 valence electrons. The van der Waals surface area contributed by atoms with Gasteiger partial charge in [-0.05, 0) is 43.5 Å². The van der Waals surface area contributed by atoms with Gasteiger partial charge in [0.2, 0.25) is 0 Å². The van der Waals surface area contributed by atoms with E-state index < -0.39 is 17.6 Å². The van der Waals surface area contributed by atoms with Crippen molar-refractivity contribution in [3.05, 3.63) is 54.4 Å². The molecule has 6 rings (SSSR count). The smallest absolute Gasteiger partial charge is 0.145 e. The SMILES string of the molecule is Cc1cnc2cc(C3CC4(CO3)CC(n3ccc5c(N)ncnc53)C(O)C4O)ccn12. The van der Waals surface area contributed by atoms with Crippen molar-refractivity contribution in [1.29, 1.82) is 0 Å². The highest BCUT2D eigenvalue weighted by Gasteiger charge is 2.57. The predicted octanol–water partition coefficient (Wildman–Crippen LogP) is 1.78. The lowest BCUT2D eigenvalue weighted by molar-refractivity contribution is -0.0309. The molecule has 0 amide bonds. The van der Waals surface area contributed by atoms with Gasteiger partial charge >= 0.3 is 0 Å². The monoisotopic (exact) mass is 420 g/mol. The molecule has 9 nitrogen and oxygen atoms in total. The van der Waals surface area contributed by atoms with Crippen LogP contribution >= 0.6 is 0 Å². The average Bonchev–Trinajstić information content (AvgIpc) is 3.53. The molecular weight excluding hydrogens is 396 g/mol. The highest BCUT2D eigenvalue weighted by Crippen LogP contribution is 2.54. The number of nitrogens with two attached hydrogens (primary N) is 1. The molecule has 4 aromatic rings. The number of imidazole rings is 1. The van der Waals surface area contributed by atoms with Crippen molar-refractivity contribution < 1.29 is 14.9 Å². The number of pyridine rings is 1. The molecule has 5 heterocycles. The van der Waals surface area contributed by atoms with Gasteiger partial charge in [0.1, 0.15) is 29.5 Å². The van der Waals surface area contributed by atoms with Gasteiger partial charge in [-0.2, -0.15) is 0 Å². The summed E-state index contributed by atoms with van der Waals surface area (Å²) in [6.45, 7) is 2.40. The van der Waals surface area contributed by atoms with E-state index in [2.05, 4.69) is 15.0 Å². The van der Waals surface area contributed by atoms with Gasteiger partial charge in [-0.1, -0.05) is 0 Å². The molecule has 1 saturated heterocycles. The summed E-state index contributed by atoms with van der Waals surface area (Å²) in [7, 11) is 0. The number of nitrogens with zero attached hydrogens (tertiary/aromatic N) is 5. The van der Waals surface area contributed by atoms with Crippen LogP contribution in [-0.4, -0.2) is 52.9 Å². The minimum Gasteiger partial charge on any atom is -0.390 e. The molecule has 4 aromatic heterocycles. The zero-order valence-electron chi connectivity index (χ0n) is 17.1. The number of ether oxygens (including phenoxy) is 1. The number of hydrogen-bond donors (Lipinski definition) is 3. The summed E-state index contributed by atoms with van der Waals surface area (Å²) >= 11 is 0. The summed E-state index contributed by atoms with van der Waals surface area (Å²) in [4.78, 5) is 12.8. The third-order valence-electron chi connectivity index (χ3n) is 7.12. The van der Waals surface area contributed by atoms with Crippen LogP contribution in [0.3, 0.4) is 0 Å². The summed E-state index contributed by atoms with van der Waals surface area (Å²) in [6, 6.07) is 5.61. The van der Waals surface area contributed by atoms with Crippen LogP contribution in [0.25, 0.3) is 16.7 Å². The van der Waals surface area contributed by atoms with Crippen LogP contribution in [0.2, 0.25) is 0 Å². The third-order valence-corrected chi connectivity index (χ3v) is 7.12. The lowest BCUT2D eigenvalue weighted by atomic mass is 9.80. The molecule has 2 aliphatic rings. The number of fused-ring (bicyclic) bond motifs is 2. The molecule has 1 aliphatic carbocycles. The number of aryl methyl sites for hydroxylation is 1. The molecule has 31 heavy (non-hydrogen) atoms. The Morgan fingerprint density at radius 1 is 1.16 bits per heavy atom. The first-order valence-corrected chi connectivity index (χ1v) is 10.5. The van der Waals surface area contributed by atoms with Gasteiger partial charge in [-0.25, -0.2) is 15.0 Å². The van der Waals surface area contributed by atoms with E-state index in [0.29, 0.717) is 30.9 Å². The van der Waals surface area contributed by atoms with Gasteiger partial charge < -0.3 is 29.7 Å². The maximum absolute atomic E-state index is 11.1. The fourth-order valence-corrected chi connectivity index (χ4v) is 5.39. The zero-order chi connectivity index (χ0) is 21.3. The first-order valence-electron chi connectivity index (χ1n) is 10.5. The van der Waals surface area contributed by atoms with E-state index in [9.17, 15) is 10.2 Å². The van der Waals surface area contributed by atoms with Crippen LogP contribution in [0.5, 0.6) is 0 Å². The van der Waals surface area contributed by atoms with Gasteiger partial charge in [0.25, 0.3) is 0 Å². The first kappa shape index (κ1) is 18.7. The van der Waals surface area contributed by atoms with Crippen LogP contribution in [0.4, 0.5) is 5.82 Å². The molecule has 1 saturated carbocycles. The van der Waals surface area contributed by atoms with E-state index >= 15 is 0 Å². The van der Waals surface area contributed by atoms with E-state index in [1.165, 1.54) is 6.33 Å². The van der Waals surface area contributed by atoms with Crippen molar-refractivity contribution in [3.8, 4) is 0 Å². The van der Waals surface area contributed by atoms with Crippen LogP contribution in [0.15, 0.2) is 43.1 Å². The highest BCUT2D eigenvalue weighted by atomic mass is 16.5. The summed E-state index contributed by atoms with van der Waals surface area (Å²) < 4.78 is 10.1. The number of aromatic nitrogens is 5. The van der Waals surface area contributed by atoms with Gasteiger partial charge in [0.15, 0.2) is 0 Å². The number of rotatable bonds is 2. The van der Waals surface area contributed by atoms with Crippen molar-refractivity contribution in [2.75, 3.05) is 12.3 Å². The molecule has 2 fully saturated rings. The van der Waals surface area contributed by atoms with E-state index in [4.69, 9.17) is 10.5 Å². The molecule has 4 N–H and O–H groups in total. The molecule has 9 heteroatoms. The minimum absolute atomic E-state index is 0.151. The lowest BCUT2D eigenvalue weighted by Crippen LogP contribution is -2.37. The van der Waals surface area contributed by atoms with Crippen molar-refractivity contribution in [1.82, 2.24) is 23.9 Å². The van der Waals surface area contributed by atoms with Gasteiger partial charge in [-0.3, -0.25) is 0 Å². The van der Waals surface area contributed by atoms with E-state index in [-0.39, 0.29) is 12.1 Å². The topological polar surface area (TPSA) is 124 Å². The molecule has 0 bridgehead atoms. The Balaban J connectivity index is 1.31. The molecule has 5 unspecified atom stereocenters. The van der Waals surface area contributed by atoms with Crippen LogP contribution in [0.1, 0.15) is 36.2 Å². The van der Waals surface area contributed by atoms with Gasteiger partial charge in [0, 0.05) is 29.7 Å². The number of nitrogen functional groups attached to an aromatic ring is 1. The fraction of sp³-hybridized carbons (Fsp3) is 0.409. The van der Waals surface area contributed by atoms with Crippen molar-refractivity contribution >= 4 is 22.5 Å². The lowest BCUT2D eigenvalue weighted by Gasteiger charge is -2.26. The largest absolute Gasteiger partial charge is 0.390 e. The second-order valence-corrected chi connectivity index (χ2v) is 8.88. The second kappa shape index (κ2) is 6.49. The minimum atomic E-state index is -0.924. The molecular formula is C22H24N6O3. The van der Waals surface area contributed by atoms with Crippen LogP contribution in [0, 0.1) is 12.3 Å². The second-order valence-electron chi connectivity index (χ2n) is 8.88. The zero-order valence-corrected chi connectivity index (χ0v) is 17.1. The Bertz CT molecular complexity index is 1300. The summed E-state index contributed by atoms with van der Waals surface area (Å²) in [5.74, 6) is 0.403. The van der Waals surface area contributed by atoms with Crippen molar-refractivity contribution in [2.24, 2.45) is 5.41 Å². The third kappa shape index (κ3) is 2.63. The van der Waals surface area contributed by atoms with Crippen molar-refractivity contribution in [2.45, 2.75) is 44.1 Å². The fourth-order valence-electron chi connectivity index (χ4n) is 5.39. The average molecular weight is 420 g/mol. The number of aliphatic hydroxyl groups excluding tert-OH is 2. The number of anilines is 1. The number of hydrogen-bond acceptors (Lipinski definition) is 7. The first-order chi connectivity index (χ1) is 15.0. The normalized spacial score (nSPS) is 30.8. The van der Waals surface area contributed by atoms with Crippen molar-refractivity contribution in [3.63, 3.8) is 0 Å². The highest BCUT2D eigenvalue weighted by molar-refractivity contribution is 5.86. The maximum Gasteiger partial charge on any atom is 0.145 e. The quantitative estimate of drug-likeness (QED) is 0.452. The molecule has 1 spiro atoms. The standard InChI is InChI=1S/C22H24N6O3/c1-12-9-24-17-6-13(2-4-27(12)17)16-8-22(10-31-16)7-15(18(29)19(22)30)28-5-3-14-20(23)25-11-26-21(14)28/h2-6,9,11,15-16,18-19,29-30H,7-8,10H2,1H3,(H2,23,25,26). The van der Waals surface area contributed by atoms with Crippen LogP contribution in [-0.2, 0) is 4.74 Å². The Kier molecular flexibility index (Phi) is 3.92. The molecule has 0 radical (unpaired) electrons. The predicted molar refractivity (Wildman–Crippen MR) is 113 cm³/mol. The maximum atomic E-state index is 11.1. The number of aliphatic hydroxyl groups is 2. The summed E-state index contributed by atoms with van der Waals surface area (Å²) in [5, 5.41) is 22.8. The Morgan fingerprint density at radius 3 is 2.90 bits per heavy atom. The summed E-state index contributed by atoms with van der Waals surface area (Å²) in [6.07, 6.45) is 6.37. The van der Waals surface area contributed by atoms with E-state index in [0.717, 1.165) is 22.3 Å².